The molecule has 4 nitrogen and oxygen atoms in total. The van der Waals surface area contributed by atoms with Crippen molar-refractivity contribution in [3.63, 3.8) is 0 Å². The molecule has 2 N–H and O–H groups in total. The average Bonchev–Trinajstić information content (AvgIpc) is 2.92. The molecule has 18 heavy (non-hydrogen) atoms. The molecule has 0 unspecified atom stereocenters. The monoisotopic (exact) mass is 415 g/mol. The van der Waals surface area contributed by atoms with Crippen molar-refractivity contribution >= 4 is 5.71 Å². The molecule has 0 aliphatic heterocycles. The Morgan fingerprint density at radius 2 is 1.50 bits per heavy atom. The number of rotatable bonds is 1. The standard InChI is InChI=1S/C6H11NO.C5H.2CO.W/c1-5(2)4-6(3)7-8;1-2-4-5-3-1;2*1-2;/h4,8H,1-3H3;1H;;;/q;-5;;;+2/p+1. The summed E-state index contributed by atoms with van der Waals surface area (Å²) >= 11 is 0. The third kappa shape index (κ3) is 29.3. The minimum absolute atomic E-state index is 0. The van der Waals surface area contributed by atoms with Gasteiger partial charge in [-0.3, -0.25) is 0 Å². The van der Waals surface area contributed by atoms with Gasteiger partial charge in [0.2, 0.25) is 0 Å². The Balaban J connectivity index is -0.0000000847. The molecule has 0 spiro atoms. The van der Waals surface area contributed by atoms with E-state index in [2.05, 4.69) is 42.7 Å². The smallest absolute Gasteiger partial charge is 0.999 e. The summed E-state index contributed by atoms with van der Waals surface area (Å²) in [6.07, 6.45) is 1.87. The number of hydrogen-bond acceptors (Lipinski definition) is 1. The van der Waals surface area contributed by atoms with E-state index in [1.165, 1.54) is 5.57 Å². The molecular formula is C13H13NO3W-2. The van der Waals surface area contributed by atoms with Gasteiger partial charge in [0.05, 0.1) is 5.16 Å². The van der Waals surface area contributed by atoms with Crippen LogP contribution in [0, 0.1) is 37.6 Å². The molecule has 1 rings (SSSR count). The quantitative estimate of drug-likeness (QED) is 0.289. The molecule has 0 heterocycles. The number of allylic oxidation sites excluding steroid dienone is 2. The van der Waals surface area contributed by atoms with E-state index in [0.717, 1.165) is 5.71 Å². The Hall–Kier alpha value is -1.27. The third-order valence-electron chi connectivity index (χ3n) is 1.03. The molecule has 1 aromatic carbocycles. The van der Waals surface area contributed by atoms with Crippen LogP contribution in [0.3, 0.4) is 0 Å². The normalized spacial score (nSPS) is 7.39. The van der Waals surface area contributed by atoms with Crippen molar-refractivity contribution in [2.75, 3.05) is 0 Å². The zero-order valence-electron chi connectivity index (χ0n) is 10.3. The van der Waals surface area contributed by atoms with E-state index in [1.54, 1.807) is 13.0 Å². The first-order valence-electron chi connectivity index (χ1n) is 4.26. The van der Waals surface area contributed by atoms with Crippen LogP contribution in [0.2, 0.25) is 0 Å². The Morgan fingerprint density at radius 1 is 1.11 bits per heavy atom. The van der Waals surface area contributed by atoms with Gasteiger partial charge in [-0.15, -0.1) is 0 Å². The van der Waals surface area contributed by atoms with Crippen molar-refractivity contribution in [1.29, 1.82) is 0 Å². The van der Waals surface area contributed by atoms with Gasteiger partial charge in [0, 0.05) is 0 Å². The Bertz CT molecular complexity index is 310. The van der Waals surface area contributed by atoms with Gasteiger partial charge < -0.3 is 35.5 Å². The Labute approximate surface area is 122 Å². The van der Waals surface area contributed by atoms with Crippen LogP contribution in [-0.2, 0) is 30.4 Å². The molecule has 0 saturated carbocycles. The van der Waals surface area contributed by atoms with E-state index in [9.17, 15) is 0 Å². The van der Waals surface area contributed by atoms with Crippen molar-refractivity contribution < 1.29 is 35.6 Å². The second-order valence-corrected chi connectivity index (χ2v) is 2.66. The molecule has 0 fully saturated rings. The van der Waals surface area contributed by atoms with Crippen molar-refractivity contribution in [3.05, 3.63) is 55.3 Å². The summed E-state index contributed by atoms with van der Waals surface area (Å²) in [6, 6.07) is 12.0. The zero-order valence-corrected chi connectivity index (χ0v) is 13.3. The molecule has 0 radical (unpaired) electrons. The van der Waals surface area contributed by atoms with Crippen LogP contribution in [0.5, 0.6) is 0 Å². The van der Waals surface area contributed by atoms with E-state index in [0.29, 0.717) is 0 Å². The van der Waals surface area contributed by atoms with Crippen LogP contribution < -0.4 is 0 Å². The minimum atomic E-state index is 0. The van der Waals surface area contributed by atoms with Crippen LogP contribution in [0.1, 0.15) is 20.8 Å². The first-order valence-corrected chi connectivity index (χ1v) is 4.26. The van der Waals surface area contributed by atoms with Crippen molar-refractivity contribution in [1.82, 2.24) is 0 Å². The van der Waals surface area contributed by atoms with Crippen LogP contribution in [-0.4, -0.2) is 10.9 Å². The fourth-order valence-corrected chi connectivity index (χ4v) is 0.630. The maximum Gasteiger partial charge on any atom is 2.00 e. The van der Waals surface area contributed by atoms with E-state index >= 15 is 0 Å². The van der Waals surface area contributed by atoms with Crippen LogP contribution >= 0.6 is 0 Å². The first-order chi connectivity index (χ1) is 8.16. The maximum atomic E-state index is 7.50. The second-order valence-electron chi connectivity index (χ2n) is 2.66. The summed E-state index contributed by atoms with van der Waals surface area (Å²) in [7, 11) is 0. The van der Waals surface area contributed by atoms with Gasteiger partial charge in [-0.1, -0.05) is 5.57 Å². The molecule has 0 amide bonds. The summed E-state index contributed by atoms with van der Waals surface area (Å²) < 4.78 is 15.0. The summed E-state index contributed by atoms with van der Waals surface area (Å²) in [5.74, 6) is 0. The molecule has 1 aromatic rings. The predicted octanol–water partition coefficient (Wildman–Crippen LogP) is 1.58. The summed E-state index contributed by atoms with van der Waals surface area (Å²) in [4.78, 5) is 0. The van der Waals surface area contributed by atoms with Gasteiger partial charge in [0.25, 0.3) is 0 Å². The third-order valence-corrected chi connectivity index (χ3v) is 1.03. The summed E-state index contributed by atoms with van der Waals surface area (Å²) in [5.41, 5.74) is 1.93. The molecule has 0 aromatic heterocycles. The first kappa shape index (κ1) is 25.5. The van der Waals surface area contributed by atoms with E-state index < -0.39 is 0 Å². The van der Waals surface area contributed by atoms with Gasteiger partial charge in [0.1, 0.15) is 5.71 Å². The molecular weight excluding hydrogens is 402 g/mol. The average molecular weight is 415 g/mol. The molecule has 0 atom stereocenters. The van der Waals surface area contributed by atoms with E-state index in [4.69, 9.17) is 14.5 Å². The molecule has 0 aliphatic rings. The number of nitrogens with zero attached hydrogens (tertiary/aromatic N) is 1. The fraction of sp³-hybridized carbons (Fsp3) is 0.231. The maximum absolute atomic E-state index is 7.50. The van der Waals surface area contributed by atoms with Gasteiger partial charge in [-0.05, 0) is 26.8 Å². The van der Waals surface area contributed by atoms with Gasteiger partial charge >= 0.3 is 43.7 Å². The van der Waals surface area contributed by atoms with Crippen molar-refractivity contribution in [2.24, 2.45) is 5.16 Å². The second kappa shape index (κ2) is 24.8. The summed E-state index contributed by atoms with van der Waals surface area (Å²) in [6.45, 7) is 14.8. The van der Waals surface area contributed by atoms with Crippen molar-refractivity contribution in [3.8, 4) is 0 Å². The predicted molar refractivity (Wildman–Crippen MR) is 61.4 cm³/mol. The fourth-order valence-electron chi connectivity index (χ4n) is 0.630. The molecule has 5 heteroatoms. The molecule has 0 bridgehead atoms. The van der Waals surface area contributed by atoms with Gasteiger partial charge in [-0.25, -0.2) is 0 Å². The van der Waals surface area contributed by atoms with Crippen LogP contribution in [0.4, 0.5) is 0 Å². The van der Waals surface area contributed by atoms with Gasteiger partial charge in [-0.2, -0.15) is 0 Å². The largest absolute Gasteiger partial charge is 2.00 e. The van der Waals surface area contributed by atoms with Crippen LogP contribution in [0.25, 0.3) is 0 Å². The minimum Gasteiger partial charge on any atom is -0.999 e. The Kier molecular flexibility index (Phi) is 35.2. The molecule has 0 saturated heterocycles. The Morgan fingerprint density at radius 3 is 1.61 bits per heavy atom. The SMILES string of the molecule is CC(C)=CC(C)=N[OH2+].[C-]#[O+].[C-]#[O+].[W+2].[c-]1[c-][c-][cH-][c-]1. The van der Waals surface area contributed by atoms with Gasteiger partial charge in [0.15, 0.2) is 0 Å². The number of hydrogen-bond donors (Lipinski definition) is 0. The van der Waals surface area contributed by atoms with E-state index in [1.807, 2.05) is 19.9 Å². The summed E-state index contributed by atoms with van der Waals surface area (Å²) in [5, 5.41) is 9.76. The molecule has 0 aliphatic carbocycles. The van der Waals surface area contributed by atoms with Crippen molar-refractivity contribution in [2.45, 2.75) is 20.8 Å². The topological polar surface area (TPSA) is 75.1 Å². The van der Waals surface area contributed by atoms with Crippen LogP contribution in [0.15, 0.2) is 22.9 Å². The zero-order chi connectivity index (χ0) is 14.1. The molecule has 96 valence electrons. The van der Waals surface area contributed by atoms with E-state index in [-0.39, 0.29) is 21.1 Å².